The lowest BCUT2D eigenvalue weighted by Crippen LogP contribution is -2.49. The molecule has 10 heteroatoms. The molecule has 2 amide bonds. The van der Waals surface area contributed by atoms with Gasteiger partial charge in [0.2, 0.25) is 11.8 Å². The fourth-order valence-electron chi connectivity index (χ4n) is 5.36. The Hall–Kier alpha value is -4.29. The van der Waals surface area contributed by atoms with Crippen LogP contribution in [0.3, 0.4) is 0 Å². The number of hydrogen-bond acceptors (Lipinski definition) is 6. The predicted molar refractivity (Wildman–Crippen MR) is 157 cm³/mol. The Kier molecular flexibility index (Phi) is 8.60. The monoisotopic (exact) mass is 573 g/mol. The lowest BCUT2D eigenvalue weighted by Gasteiger charge is -2.28. The zero-order chi connectivity index (χ0) is 28.9. The highest BCUT2D eigenvalue weighted by Gasteiger charge is 2.32. The van der Waals surface area contributed by atoms with Crippen LogP contribution < -0.4 is 10.6 Å². The molecule has 0 bridgehead atoms. The molecular weight excluding hydrogens is 542 g/mol. The maximum absolute atomic E-state index is 13.7. The van der Waals surface area contributed by atoms with Crippen molar-refractivity contribution < 1.29 is 18.8 Å². The van der Waals surface area contributed by atoms with Gasteiger partial charge >= 0.3 is 0 Å². The fraction of sp³-hybridized carbons (Fsp3) is 0.355. The summed E-state index contributed by atoms with van der Waals surface area (Å²) in [5.41, 5.74) is 1.28. The van der Waals surface area contributed by atoms with Gasteiger partial charge in [0.15, 0.2) is 5.78 Å². The van der Waals surface area contributed by atoms with Gasteiger partial charge in [-0.25, -0.2) is 4.85 Å². The average molecular weight is 574 g/mol. The number of nitrogens with zero attached hydrogens (tertiary/aromatic N) is 3. The van der Waals surface area contributed by atoms with Crippen LogP contribution in [0.25, 0.3) is 15.8 Å². The SMILES string of the molecule is [C-]#[N+]/C(C(=O)c1ccccc1Cl)=C(\Nc1ccc2oc(C)cc2c1)NC1CCCCN(CC(=O)N2CCCC2)C1=O. The Morgan fingerprint density at radius 1 is 1.07 bits per heavy atom. The molecule has 5 rings (SSSR count). The molecular formula is C31H32ClN5O4. The number of furan rings is 1. The molecule has 2 N–H and O–H groups in total. The number of halogens is 1. The number of aryl methyl sites for hydroxylation is 1. The molecule has 0 aliphatic carbocycles. The minimum atomic E-state index is -0.734. The van der Waals surface area contributed by atoms with Gasteiger partial charge in [-0.1, -0.05) is 29.8 Å². The number of allylic oxidation sites excluding steroid dienone is 1. The number of nitrogens with one attached hydrogen (secondary N) is 2. The Morgan fingerprint density at radius 2 is 1.83 bits per heavy atom. The number of fused-ring (bicyclic) bond motifs is 1. The third kappa shape index (κ3) is 6.39. The minimum Gasteiger partial charge on any atom is -0.461 e. The molecule has 2 aliphatic heterocycles. The highest BCUT2D eigenvalue weighted by molar-refractivity contribution is 6.35. The third-order valence-corrected chi connectivity index (χ3v) is 7.80. The van der Waals surface area contributed by atoms with Crippen molar-refractivity contribution in [1.82, 2.24) is 15.1 Å². The minimum absolute atomic E-state index is 0.0221. The normalized spacial score (nSPS) is 18.1. The number of carbonyl (C=O) groups is 3. The molecule has 1 unspecified atom stereocenters. The highest BCUT2D eigenvalue weighted by Crippen LogP contribution is 2.26. The molecule has 0 radical (unpaired) electrons. The van der Waals surface area contributed by atoms with Crippen LogP contribution in [0.5, 0.6) is 0 Å². The van der Waals surface area contributed by atoms with E-state index >= 15 is 0 Å². The van der Waals surface area contributed by atoms with Gasteiger partial charge in [-0.2, -0.15) is 0 Å². The van der Waals surface area contributed by atoms with Crippen molar-refractivity contribution >= 4 is 45.9 Å². The maximum Gasteiger partial charge on any atom is 0.272 e. The van der Waals surface area contributed by atoms with E-state index in [-0.39, 0.29) is 40.5 Å². The van der Waals surface area contributed by atoms with E-state index in [0.717, 1.165) is 49.9 Å². The molecule has 1 atom stereocenters. The van der Waals surface area contributed by atoms with Gasteiger partial charge in [0.05, 0.1) is 18.1 Å². The summed E-state index contributed by atoms with van der Waals surface area (Å²) in [5.74, 6) is 0.0163. The maximum atomic E-state index is 13.7. The zero-order valence-corrected chi connectivity index (χ0v) is 23.7. The summed E-state index contributed by atoms with van der Waals surface area (Å²) < 4.78 is 5.68. The number of amides is 2. The Morgan fingerprint density at radius 3 is 2.59 bits per heavy atom. The van der Waals surface area contributed by atoms with Crippen molar-refractivity contribution in [2.45, 2.75) is 45.1 Å². The van der Waals surface area contributed by atoms with Crippen LogP contribution in [-0.2, 0) is 9.59 Å². The number of benzene rings is 2. The van der Waals surface area contributed by atoms with Crippen molar-refractivity contribution in [3.63, 3.8) is 0 Å². The number of anilines is 1. The van der Waals surface area contributed by atoms with E-state index in [1.54, 1.807) is 46.2 Å². The molecule has 3 aromatic rings. The number of rotatable bonds is 8. The number of likely N-dealkylation sites (tertiary alicyclic amines) is 2. The number of Topliss-reactive ketones (excluding diaryl/α,β-unsaturated/α-hetero) is 1. The largest absolute Gasteiger partial charge is 0.461 e. The van der Waals surface area contributed by atoms with Crippen LogP contribution in [-0.4, -0.2) is 59.6 Å². The highest BCUT2D eigenvalue weighted by atomic mass is 35.5. The number of ketones is 1. The molecule has 0 saturated carbocycles. The summed E-state index contributed by atoms with van der Waals surface area (Å²) >= 11 is 6.32. The van der Waals surface area contributed by atoms with E-state index in [4.69, 9.17) is 22.6 Å². The van der Waals surface area contributed by atoms with Crippen LogP contribution in [0, 0.1) is 13.5 Å². The Bertz CT molecular complexity index is 1550. The quantitative estimate of drug-likeness (QED) is 0.213. The van der Waals surface area contributed by atoms with Crippen molar-refractivity contribution in [2.24, 2.45) is 0 Å². The molecule has 2 fully saturated rings. The standard InChI is InChI=1S/C31H32ClN5O4/c1-20-17-21-18-22(12-13-26(21)41-20)34-30(28(33-2)29(39)23-9-3-4-10-24(23)32)35-25-11-5-6-16-37(31(25)40)19-27(38)36-14-7-8-15-36/h3-4,9-10,12-13,17-18,25,34-35H,5-8,11,14-16,19H2,1H3/b30-28+. The molecule has 2 aliphatic rings. The smallest absolute Gasteiger partial charge is 0.272 e. The summed E-state index contributed by atoms with van der Waals surface area (Å²) in [5, 5.41) is 7.47. The molecule has 2 aromatic carbocycles. The second-order valence-electron chi connectivity index (χ2n) is 10.4. The lowest BCUT2D eigenvalue weighted by atomic mass is 10.1. The van der Waals surface area contributed by atoms with E-state index in [0.29, 0.717) is 24.2 Å². The summed E-state index contributed by atoms with van der Waals surface area (Å²) in [4.78, 5) is 47.2. The van der Waals surface area contributed by atoms with Crippen LogP contribution >= 0.6 is 11.6 Å². The summed E-state index contributed by atoms with van der Waals surface area (Å²) in [6, 6.07) is 13.1. The van der Waals surface area contributed by atoms with Gasteiger partial charge in [-0.3, -0.25) is 9.59 Å². The second-order valence-corrected chi connectivity index (χ2v) is 10.8. The van der Waals surface area contributed by atoms with Crippen molar-refractivity contribution in [3.8, 4) is 0 Å². The Balaban J connectivity index is 1.47. The van der Waals surface area contributed by atoms with Crippen molar-refractivity contribution in [2.75, 3.05) is 31.5 Å². The molecule has 3 heterocycles. The molecule has 9 nitrogen and oxygen atoms in total. The number of hydrogen-bond donors (Lipinski definition) is 2. The van der Waals surface area contributed by atoms with Crippen molar-refractivity contribution in [1.29, 1.82) is 0 Å². The zero-order valence-electron chi connectivity index (χ0n) is 22.9. The van der Waals surface area contributed by atoms with Gasteiger partial charge in [0, 0.05) is 36.3 Å². The summed E-state index contributed by atoms with van der Waals surface area (Å²) in [7, 11) is 0. The number of carbonyl (C=O) groups excluding carboxylic acids is 3. The van der Waals surface area contributed by atoms with Gasteiger partial charge < -0.3 is 29.6 Å². The van der Waals surface area contributed by atoms with Crippen LogP contribution in [0.2, 0.25) is 5.02 Å². The second kappa shape index (κ2) is 12.5. The first-order valence-corrected chi connectivity index (χ1v) is 14.2. The lowest BCUT2D eigenvalue weighted by molar-refractivity contribution is -0.140. The van der Waals surface area contributed by atoms with E-state index in [1.807, 2.05) is 19.1 Å². The van der Waals surface area contributed by atoms with E-state index in [9.17, 15) is 14.4 Å². The summed E-state index contributed by atoms with van der Waals surface area (Å²) in [6.07, 6.45) is 3.95. The first-order chi connectivity index (χ1) is 19.8. The molecule has 2 saturated heterocycles. The van der Waals surface area contributed by atoms with E-state index < -0.39 is 11.8 Å². The molecule has 1 aromatic heterocycles. The van der Waals surface area contributed by atoms with Gasteiger partial charge in [-0.15, -0.1) is 0 Å². The summed E-state index contributed by atoms with van der Waals surface area (Å²) in [6.45, 7) is 11.7. The van der Waals surface area contributed by atoms with E-state index in [2.05, 4.69) is 15.5 Å². The van der Waals surface area contributed by atoms with Crippen LogP contribution in [0.15, 0.2) is 64.5 Å². The molecule has 212 valence electrons. The van der Waals surface area contributed by atoms with E-state index in [1.165, 1.54) is 0 Å². The molecule has 41 heavy (non-hydrogen) atoms. The Labute approximate surface area is 243 Å². The van der Waals surface area contributed by atoms with Crippen LogP contribution in [0.1, 0.15) is 48.2 Å². The fourth-order valence-corrected chi connectivity index (χ4v) is 5.58. The topological polar surface area (TPSA) is 99.2 Å². The van der Waals surface area contributed by atoms with Crippen LogP contribution in [0.4, 0.5) is 5.69 Å². The van der Waals surface area contributed by atoms with Gasteiger partial charge in [-0.05, 0) is 69.4 Å². The average Bonchev–Trinajstić information content (AvgIpc) is 3.59. The van der Waals surface area contributed by atoms with Gasteiger partial charge in [0.25, 0.3) is 5.70 Å². The predicted octanol–water partition coefficient (Wildman–Crippen LogP) is 5.37. The first kappa shape index (κ1) is 28.2. The first-order valence-electron chi connectivity index (χ1n) is 13.9. The molecule has 0 spiro atoms. The van der Waals surface area contributed by atoms with Gasteiger partial charge in [0.1, 0.15) is 23.2 Å². The third-order valence-electron chi connectivity index (χ3n) is 7.48. The van der Waals surface area contributed by atoms with Crippen molar-refractivity contribution in [3.05, 3.63) is 87.8 Å².